The molecule has 0 bridgehead atoms. The number of allylic oxidation sites excluding steroid dienone is 2. The lowest BCUT2D eigenvalue weighted by Gasteiger charge is -2.25. The highest BCUT2D eigenvalue weighted by Gasteiger charge is 2.28. The number of hydrogen-bond acceptors (Lipinski definition) is 10. The topological polar surface area (TPSA) is 224 Å². The van der Waals surface area contributed by atoms with E-state index in [0.29, 0.717) is 11.4 Å². The van der Waals surface area contributed by atoms with Gasteiger partial charge in [-0.1, -0.05) is 12.2 Å². The maximum Gasteiger partial charge on any atom is 0.206 e. The molecule has 4 rings (SSSR count). The molecular weight excluding hydrogens is 500 g/mol. The number of nitrogens with two attached hydrogens (primary N) is 6. The standard InChI is InChI=1S/C12H18N4O2S.C12H12N2O2S/c13-11(14)5-1-9(2-6-11)19(17,18)10-3-7-12(15,16)8-4-10;13-9-1-5-11(6-2-9)17(15,16)12-7-3-10(14)4-8-12/h1-5,7H,6,8,13-16H2;1-8H,13-14H2. The van der Waals surface area contributed by atoms with Gasteiger partial charge in [-0.05, 0) is 72.8 Å². The van der Waals surface area contributed by atoms with Gasteiger partial charge < -0.3 is 34.4 Å². The molecule has 0 saturated heterocycles. The summed E-state index contributed by atoms with van der Waals surface area (Å²) in [6.07, 6.45) is 9.43. The Labute approximate surface area is 210 Å². The van der Waals surface area contributed by atoms with Crippen LogP contribution in [-0.4, -0.2) is 28.2 Å². The van der Waals surface area contributed by atoms with Crippen LogP contribution in [-0.2, 0) is 19.7 Å². The van der Waals surface area contributed by atoms with E-state index < -0.39 is 31.0 Å². The molecule has 0 atom stereocenters. The van der Waals surface area contributed by atoms with Gasteiger partial charge in [-0.3, -0.25) is 0 Å². The van der Waals surface area contributed by atoms with Gasteiger partial charge in [0.15, 0.2) is 0 Å². The summed E-state index contributed by atoms with van der Waals surface area (Å²) < 4.78 is 49.1. The molecule has 0 unspecified atom stereocenters. The van der Waals surface area contributed by atoms with Crippen molar-refractivity contribution in [3.63, 3.8) is 0 Å². The van der Waals surface area contributed by atoms with Crippen molar-refractivity contribution in [1.82, 2.24) is 0 Å². The summed E-state index contributed by atoms with van der Waals surface area (Å²) in [7, 11) is -7.04. The molecule has 2 aliphatic rings. The Kier molecular flexibility index (Phi) is 7.60. The van der Waals surface area contributed by atoms with Crippen LogP contribution >= 0.6 is 0 Å². The third-order valence-electron chi connectivity index (χ3n) is 5.43. The number of nitrogen functional groups attached to an aromatic ring is 2. The van der Waals surface area contributed by atoms with Crippen molar-refractivity contribution in [1.29, 1.82) is 0 Å². The highest BCUT2D eigenvalue weighted by atomic mass is 32.2. The van der Waals surface area contributed by atoms with Gasteiger partial charge in [0.1, 0.15) is 0 Å². The fourth-order valence-electron chi connectivity index (χ4n) is 3.27. The molecule has 36 heavy (non-hydrogen) atoms. The van der Waals surface area contributed by atoms with E-state index in [0.717, 1.165) is 0 Å². The van der Waals surface area contributed by atoms with Crippen LogP contribution in [0.2, 0.25) is 0 Å². The first kappa shape index (κ1) is 27.3. The summed E-state index contributed by atoms with van der Waals surface area (Å²) in [5.41, 5.74) is 32.9. The fourth-order valence-corrected chi connectivity index (χ4v) is 5.90. The molecule has 12 N–H and O–H groups in total. The average Bonchev–Trinajstić information content (AvgIpc) is 2.79. The molecule has 2 aromatic rings. The van der Waals surface area contributed by atoms with Gasteiger partial charge in [-0.2, -0.15) is 0 Å². The summed E-state index contributed by atoms with van der Waals surface area (Å²) >= 11 is 0. The molecule has 2 aromatic carbocycles. The molecular formula is C24H30N6O4S2. The van der Waals surface area contributed by atoms with Crippen molar-refractivity contribution in [3.8, 4) is 0 Å². The van der Waals surface area contributed by atoms with Gasteiger partial charge in [-0.25, -0.2) is 16.8 Å². The Bertz CT molecular complexity index is 1350. The summed E-state index contributed by atoms with van der Waals surface area (Å²) in [5, 5.41) is 0. The zero-order valence-electron chi connectivity index (χ0n) is 19.4. The largest absolute Gasteiger partial charge is 0.399 e. The lowest BCUT2D eigenvalue weighted by molar-refractivity contribution is 0.553. The van der Waals surface area contributed by atoms with E-state index in [2.05, 4.69) is 0 Å². The first-order valence-electron chi connectivity index (χ1n) is 10.8. The van der Waals surface area contributed by atoms with Crippen LogP contribution in [0.5, 0.6) is 0 Å². The number of rotatable bonds is 4. The molecule has 0 aliphatic heterocycles. The van der Waals surface area contributed by atoms with Crippen LogP contribution in [0.25, 0.3) is 0 Å². The van der Waals surface area contributed by atoms with Gasteiger partial charge in [0, 0.05) is 24.2 Å². The van der Waals surface area contributed by atoms with Gasteiger partial charge >= 0.3 is 0 Å². The fraction of sp³-hybridized carbons (Fsp3) is 0.167. The van der Waals surface area contributed by atoms with E-state index in [1.165, 1.54) is 60.7 Å². The number of anilines is 2. The lowest BCUT2D eigenvalue weighted by Crippen LogP contribution is -2.48. The molecule has 12 heteroatoms. The van der Waals surface area contributed by atoms with Crippen LogP contribution in [0.4, 0.5) is 11.4 Å². The Morgan fingerprint density at radius 3 is 1.17 bits per heavy atom. The monoisotopic (exact) mass is 530 g/mol. The Morgan fingerprint density at radius 2 is 0.889 bits per heavy atom. The van der Waals surface area contributed by atoms with Crippen LogP contribution in [0.1, 0.15) is 12.8 Å². The minimum atomic E-state index is -3.56. The van der Waals surface area contributed by atoms with Crippen LogP contribution in [0, 0.1) is 0 Å². The van der Waals surface area contributed by atoms with E-state index in [-0.39, 0.29) is 32.4 Å². The molecule has 0 radical (unpaired) electrons. The second kappa shape index (κ2) is 10.0. The minimum Gasteiger partial charge on any atom is -0.399 e. The minimum absolute atomic E-state index is 0.191. The number of hydrogen-bond donors (Lipinski definition) is 6. The normalized spacial score (nSPS) is 18.4. The van der Waals surface area contributed by atoms with Crippen molar-refractivity contribution < 1.29 is 16.8 Å². The predicted molar refractivity (Wildman–Crippen MR) is 142 cm³/mol. The zero-order valence-corrected chi connectivity index (χ0v) is 21.0. The maximum absolute atomic E-state index is 12.4. The first-order chi connectivity index (χ1) is 16.6. The first-order valence-corrected chi connectivity index (χ1v) is 13.7. The van der Waals surface area contributed by atoms with E-state index in [1.54, 1.807) is 24.3 Å². The highest BCUT2D eigenvalue weighted by molar-refractivity contribution is 7.99. The molecule has 0 spiro atoms. The second-order valence-electron chi connectivity index (χ2n) is 8.66. The summed E-state index contributed by atoms with van der Waals surface area (Å²) in [4.78, 5) is 0.820. The van der Waals surface area contributed by atoms with Gasteiger partial charge in [-0.15, -0.1) is 0 Å². The molecule has 0 amide bonds. The van der Waals surface area contributed by atoms with E-state index in [9.17, 15) is 16.8 Å². The number of benzene rings is 2. The van der Waals surface area contributed by atoms with Crippen molar-refractivity contribution >= 4 is 31.0 Å². The Morgan fingerprint density at radius 1 is 0.556 bits per heavy atom. The second-order valence-corrected chi connectivity index (χ2v) is 12.6. The maximum atomic E-state index is 12.4. The molecule has 10 nitrogen and oxygen atoms in total. The average molecular weight is 531 g/mol. The quantitative estimate of drug-likeness (QED) is 0.243. The van der Waals surface area contributed by atoms with Crippen molar-refractivity contribution in [3.05, 3.63) is 94.8 Å². The smallest absolute Gasteiger partial charge is 0.206 e. The van der Waals surface area contributed by atoms with Crippen LogP contribution in [0.15, 0.2) is 105 Å². The summed E-state index contributed by atoms with van der Waals surface area (Å²) in [5.74, 6) is 0. The van der Waals surface area contributed by atoms with E-state index in [1.807, 2.05) is 0 Å². The number of sulfone groups is 2. The van der Waals surface area contributed by atoms with Gasteiger partial charge in [0.05, 0.1) is 30.9 Å². The molecule has 192 valence electrons. The molecule has 0 fully saturated rings. The predicted octanol–water partition coefficient (Wildman–Crippen LogP) is 1.00. The summed E-state index contributed by atoms with van der Waals surface area (Å²) in [6.45, 7) is 0. The van der Waals surface area contributed by atoms with Crippen LogP contribution in [0.3, 0.4) is 0 Å². The Hall–Kier alpha value is -3.26. The van der Waals surface area contributed by atoms with E-state index in [4.69, 9.17) is 34.4 Å². The molecule has 0 heterocycles. The van der Waals surface area contributed by atoms with E-state index >= 15 is 0 Å². The highest BCUT2D eigenvalue weighted by Crippen LogP contribution is 2.28. The molecule has 2 aliphatic carbocycles. The van der Waals surface area contributed by atoms with Crippen molar-refractivity contribution in [2.24, 2.45) is 22.9 Å². The third kappa shape index (κ3) is 6.49. The van der Waals surface area contributed by atoms with Gasteiger partial charge in [0.2, 0.25) is 19.7 Å². The van der Waals surface area contributed by atoms with Gasteiger partial charge in [0.25, 0.3) is 0 Å². The Balaban J connectivity index is 0.000000202. The SMILES string of the molecule is NC1(N)C=CC(S(=O)(=O)C2=CCC(N)(N)C=C2)=CC1.Nc1ccc(S(=O)(=O)c2ccc(N)cc2)cc1. The van der Waals surface area contributed by atoms with Crippen molar-refractivity contribution in [2.75, 3.05) is 11.5 Å². The molecule has 0 saturated carbocycles. The zero-order chi connectivity index (χ0) is 26.8. The molecule has 0 aromatic heterocycles. The third-order valence-corrected chi connectivity index (χ3v) is 9.06. The lowest BCUT2D eigenvalue weighted by atomic mass is 10.0. The van der Waals surface area contributed by atoms with Crippen LogP contribution < -0.4 is 34.4 Å². The van der Waals surface area contributed by atoms with Crippen molar-refractivity contribution in [2.45, 2.75) is 34.0 Å². The summed E-state index contributed by atoms with van der Waals surface area (Å²) in [6, 6.07) is 12.2.